The van der Waals surface area contributed by atoms with Gasteiger partial charge in [0.2, 0.25) is 0 Å². The van der Waals surface area contributed by atoms with Crippen molar-refractivity contribution in [1.82, 2.24) is 15.3 Å². The molecule has 0 bridgehead atoms. The summed E-state index contributed by atoms with van der Waals surface area (Å²) < 4.78 is 11.4. The normalized spacial score (nSPS) is 13.2. The number of fused-ring (bicyclic) bond motifs is 1. The summed E-state index contributed by atoms with van der Waals surface area (Å²) in [5, 5.41) is 4.58. The van der Waals surface area contributed by atoms with Crippen molar-refractivity contribution in [3.63, 3.8) is 0 Å². The van der Waals surface area contributed by atoms with Gasteiger partial charge in [0, 0.05) is 22.2 Å². The predicted octanol–water partition coefficient (Wildman–Crippen LogP) is 6.58. The topological polar surface area (TPSA) is 73.3 Å². The zero-order chi connectivity index (χ0) is 24.2. The van der Waals surface area contributed by atoms with Crippen LogP contribution in [-0.4, -0.2) is 34.3 Å². The number of alkyl carbamates (subject to hydrolysis) is 1. The summed E-state index contributed by atoms with van der Waals surface area (Å²) in [6.07, 6.45) is 3.61. The Morgan fingerprint density at radius 1 is 1.15 bits per heavy atom. The number of carbonyl (C=O) groups is 1. The number of hydrogen-bond donors (Lipinski definition) is 1. The Morgan fingerprint density at radius 2 is 1.91 bits per heavy atom. The fourth-order valence-electron chi connectivity index (χ4n) is 3.96. The van der Waals surface area contributed by atoms with Gasteiger partial charge >= 0.3 is 6.09 Å². The lowest BCUT2D eigenvalue weighted by atomic mass is 9.91. The van der Waals surface area contributed by atoms with Gasteiger partial charge in [0.25, 0.3) is 0 Å². The van der Waals surface area contributed by atoms with Crippen LogP contribution in [0.25, 0.3) is 22.2 Å². The highest BCUT2D eigenvalue weighted by Gasteiger charge is 2.30. The van der Waals surface area contributed by atoms with Crippen LogP contribution in [-0.2, 0) is 4.74 Å². The van der Waals surface area contributed by atoms with Crippen molar-refractivity contribution in [3.8, 4) is 17.0 Å². The van der Waals surface area contributed by atoms with Crippen LogP contribution in [0.5, 0.6) is 5.75 Å². The van der Waals surface area contributed by atoms with E-state index in [9.17, 15) is 4.79 Å². The van der Waals surface area contributed by atoms with E-state index in [1.807, 2.05) is 58.0 Å². The number of hydrogen-bond acceptors (Lipinski definition) is 5. The van der Waals surface area contributed by atoms with E-state index in [-0.39, 0.29) is 6.10 Å². The molecule has 1 N–H and O–H groups in total. The smallest absolute Gasteiger partial charge is 0.407 e. The lowest BCUT2D eigenvalue weighted by Crippen LogP contribution is -2.51. The Balaban J connectivity index is 1.81. The van der Waals surface area contributed by atoms with E-state index in [2.05, 4.69) is 29.1 Å². The van der Waals surface area contributed by atoms with Gasteiger partial charge in [-0.05, 0) is 75.9 Å². The standard InChI is InChI=1S/C26H32ClN3O3/c1-16(2)13-26(6,30-25(31)33-17(3)4)15-32-24-14-29-23(11-18(24)5)20-9-10-28-22-8-7-19(27)12-21(20)22/h7-12,14,16-17H,13,15H2,1-6H3,(H,30,31). The number of ether oxygens (including phenoxy) is 2. The summed E-state index contributed by atoms with van der Waals surface area (Å²) in [5.74, 6) is 1.04. The van der Waals surface area contributed by atoms with Crippen LogP contribution in [0.1, 0.15) is 46.6 Å². The molecule has 0 aliphatic carbocycles. The Labute approximate surface area is 200 Å². The third-order valence-corrected chi connectivity index (χ3v) is 5.43. The SMILES string of the molecule is Cc1cc(-c2ccnc3ccc(Cl)cc23)ncc1OCC(C)(CC(C)C)NC(=O)OC(C)C. The third kappa shape index (κ3) is 6.57. The summed E-state index contributed by atoms with van der Waals surface area (Å²) in [4.78, 5) is 21.3. The molecule has 3 aromatic rings. The lowest BCUT2D eigenvalue weighted by Gasteiger charge is -2.32. The number of pyridine rings is 2. The van der Waals surface area contributed by atoms with Crippen LogP contribution in [0.15, 0.2) is 42.7 Å². The van der Waals surface area contributed by atoms with E-state index in [0.717, 1.165) is 34.1 Å². The van der Waals surface area contributed by atoms with Crippen molar-refractivity contribution in [3.05, 3.63) is 53.3 Å². The quantitative estimate of drug-likeness (QED) is 0.403. The maximum atomic E-state index is 12.2. The number of aryl methyl sites for hydroxylation is 1. The second-order valence-corrected chi connectivity index (χ2v) is 9.82. The van der Waals surface area contributed by atoms with Gasteiger partial charge in [0.1, 0.15) is 12.4 Å². The highest BCUT2D eigenvalue weighted by molar-refractivity contribution is 6.31. The Hall–Kier alpha value is -2.86. The first-order valence-electron chi connectivity index (χ1n) is 11.2. The number of benzene rings is 1. The molecule has 33 heavy (non-hydrogen) atoms. The Bertz CT molecular complexity index is 1130. The number of nitrogens with zero attached hydrogens (tertiary/aromatic N) is 2. The summed E-state index contributed by atoms with van der Waals surface area (Å²) in [6, 6.07) is 9.56. The van der Waals surface area contributed by atoms with Crippen molar-refractivity contribution in [2.75, 3.05) is 6.61 Å². The van der Waals surface area contributed by atoms with E-state index < -0.39 is 11.6 Å². The van der Waals surface area contributed by atoms with Crippen LogP contribution in [0.4, 0.5) is 4.79 Å². The molecular weight excluding hydrogens is 438 g/mol. The average Bonchev–Trinajstić information content (AvgIpc) is 2.71. The first-order chi connectivity index (χ1) is 15.6. The van der Waals surface area contributed by atoms with Gasteiger partial charge in [0.15, 0.2) is 0 Å². The first-order valence-corrected chi connectivity index (χ1v) is 11.6. The van der Waals surface area contributed by atoms with E-state index in [4.69, 9.17) is 21.1 Å². The molecular formula is C26H32ClN3O3. The molecule has 1 atom stereocenters. The molecule has 0 aliphatic heterocycles. The van der Waals surface area contributed by atoms with Crippen LogP contribution in [0.3, 0.4) is 0 Å². The molecule has 3 rings (SSSR count). The van der Waals surface area contributed by atoms with Crippen molar-refractivity contribution in [2.24, 2.45) is 5.92 Å². The molecule has 176 valence electrons. The average molecular weight is 470 g/mol. The molecule has 1 aromatic carbocycles. The minimum Gasteiger partial charge on any atom is -0.489 e. The zero-order valence-corrected chi connectivity index (χ0v) is 20.9. The number of halogens is 1. The zero-order valence-electron chi connectivity index (χ0n) is 20.1. The third-order valence-electron chi connectivity index (χ3n) is 5.19. The summed E-state index contributed by atoms with van der Waals surface area (Å²) in [6.45, 7) is 12.1. The highest BCUT2D eigenvalue weighted by atomic mass is 35.5. The largest absolute Gasteiger partial charge is 0.489 e. The number of nitrogens with one attached hydrogen (secondary N) is 1. The molecule has 0 saturated heterocycles. The fraction of sp³-hybridized carbons (Fsp3) is 0.423. The van der Waals surface area contributed by atoms with E-state index in [1.165, 1.54) is 0 Å². The van der Waals surface area contributed by atoms with Gasteiger partial charge in [0.05, 0.1) is 29.1 Å². The molecule has 6 nitrogen and oxygen atoms in total. The van der Waals surface area contributed by atoms with E-state index in [0.29, 0.717) is 23.3 Å². The molecule has 0 fully saturated rings. The number of carbonyl (C=O) groups excluding carboxylic acids is 1. The molecule has 2 heterocycles. The molecule has 1 amide bonds. The molecule has 0 aliphatic rings. The summed E-state index contributed by atoms with van der Waals surface area (Å²) in [5.41, 5.74) is 3.01. The van der Waals surface area contributed by atoms with E-state index in [1.54, 1.807) is 12.4 Å². The van der Waals surface area contributed by atoms with Crippen LogP contribution >= 0.6 is 11.6 Å². The molecule has 0 radical (unpaired) electrons. The minimum atomic E-state index is -0.580. The minimum absolute atomic E-state index is 0.188. The monoisotopic (exact) mass is 469 g/mol. The van der Waals surface area contributed by atoms with Crippen LogP contribution < -0.4 is 10.1 Å². The molecule has 1 unspecified atom stereocenters. The maximum absolute atomic E-state index is 12.2. The molecule has 2 aromatic heterocycles. The van der Waals surface area contributed by atoms with Gasteiger partial charge in [-0.25, -0.2) is 4.79 Å². The van der Waals surface area contributed by atoms with Gasteiger partial charge in [-0.1, -0.05) is 25.4 Å². The van der Waals surface area contributed by atoms with E-state index >= 15 is 0 Å². The second-order valence-electron chi connectivity index (χ2n) is 9.38. The van der Waals surface area contributed by atoms with Gasteiger partial charge in [-0.2, -0.15) is 0 Å². The summed E-state index contributed by atoms with van der Waals surface area (Å²) >= 11 is 6.21. The van der Waals surface area contributed by atoms with Crippen molar-refractivity contribution >= 4 is 28.6 Å². The number of rotatable bonds is 8. The molecule has 0 spiro atoms. The van der Waals surface area contributed by atoms with Crippen LogP contribution in [0, 0.1) is 12.8 Å². The second kappa shape index (κ2) is 10.4. The maximum Gasteiger partial charge on any atom is 0.407 e. The predicted molar refractivity (Wildman–Crippen MR) is 133 cm³/mol. The van der Waals surface area contributed by atoms with Gasteiger partial charge in [-0.15, -0.1) is 0 Å². The molecule has 0 saturated carbocycles. The first kappa shape index (κ1) is 24.8. The van der Waals surface area contributed by atoms with Crippen molar-refractivity contribution < 1.29 is 14.3 Å². The van der Waals surface area contributed by atoms with Crippen molar-refractivity contribution in [1.29, 1.82) is 0 Å². The lowest BCUT2D eigenvalue weighted by molar-refractivity contribution is 0.0919. The Morgan fingerprint density at radius 3 is 2.58 bits per heavy atom. The Kier molecular flexibility index (Phi) is 7.80. The number of amides is 1. The van der Waals surface area contributed by atoms with Gasteiger partial charge < -0.3 is 14.8 Å². The highest BCUT2D eigenvalue weighted by Crippen LogP contribution is 2.31. The fourth-order valence-corrected chi connectivity index (χ4v) is 4.13. The number of aromatic nitrogens is 2. The molecule has 7 heteroatoms. The van der Waals surface area contributed by atoms with Gasteiger partial charge in [-0.3, -0.25) is 9.97 Å². The van der Waals surface area contributed by atoms with Crippen molar-refractivity contribution in [2.45, 2.75) is 59.6 Å². The summed E-state index contributed by atoms with van der Waals surface area (Å²) in [7, 11) is 0. The van der Waals surface area contributed by atoms with Crippen LogP contribution in [0.2, 0.25) is 5.02 Å².